The first-order chi connectivity index (χ1) is 34.9. The lowest BCUT2D eigenvalue weighted by Gasteiger charge is -2.22. The van der Waals surface area contributed by atoms with Crippen LogP contribution in [-0.4, -0.2) is 4.40 Å². The lowest BCUT2D eigenvalue weighted by atomic mass is 9.81. The molecule has 1 nitrogen and oxygen atoms in total. The van der Waals surface area contributed by atoms with Crippen LogP contribution in [0.2, 0.25) is 0 Å². The van der Waals surface area contributed by atoms with E-state index in [-0.39, 0.29) is 16.2 Å². The molecule has 0 aliphatic heterocycles. The molecule has 1 heteroatoms. The highest BCUT2D eigenvalue weighted by Gasteiger charge is 2.38. The molecule has 2 aromatic heterocycles. The van der Waals surface area contributed by atoms with Crippen molar-refractivity contribution in [2.75, 3.05) is 0 Å². The van der Waals surface area contributed by atoms with E-state index in [2.05, 4.69) is 246 Å². The maximum Gasteiger partial charge on any atom is 0.0620 e. The molecule has 0 fully saturated rings. The van der Waals surface area contributed by atoms with Crippen LogP contribution in [0.3, 0.4) is 0 Å². The average molecular weight is 918 g/mol. The molecule has 13 aromatic rings. The average Bonchev–Trinajstić information content (AvgIpc) is 4.11. The van der Waals surface area contributed by atoms with E-state index in [1.165, 1.54) is 160 Å². The van der Waals surface area contributed by atoms with Crippen LogP contribution in [0.1, 0.15) is 74.9 Å². The molecule has 0 unspecified atom stereocenters. The first kappa shape index (κ1) is 40.5. The fraction of sp³-hybridized carbons (Fsp3) is 0.127. The number of hydrogen-bond donors (Lipinski definition) is 0. The zero-order valence-corrected chi connectivity index (χ0v) is 41.5. The van der Waals surface area contributed by atoms with Gasteiger partial charge in [-0.2, -0.15) is 0 Å². The van der Waals surface area contributed by atoms with Gasteiger partial charge in [0, 0.05) is 37.8 Å². The summed E-state index contributed by atoms with van der Waals surface area (Å²) in [5.41, 5.74) is 27.7. The second kappa shape index (κ2) is 13.6. The summed E-state index contributed by atoms with van der Waals surface area (Å²) in [7, 11) is 0. The van der Waals surface area contributed by atoms with E-state index in [1.54, 1.807) is 0 Å². The Balaban J connectivity index is 0.902. The summed E-state index contributed by atoms with van der Waals surface area (Å²) in [4.78, 5) is 0. The number of nitrogens with zero attached hydrogens (tertiary/aromatic N) is 1. The molecule has 0 amide bonds. The van der Waals surface area contributed by atoms with Gasteiger partial charge in [0.05, 0.1) is 16.6 Å². The smallest absolute Gasteiger partial charge is 0.0620 e. The lowest BCUT2D eigenvalue weighted by Crippen LogP contribution is -2.14. The normalized spacial score (nSPS) is 15.4. The summed E-state index contributed by atoms with van der Waals surface area (Å²) >= 11 is 0. The Bertz CT molecular complexity index is 4350. The van der Waals surface area contributed by atoms with E-state index in [4.69, 9.17) is 0 Å². The monoisotopic (exact) mass is 917 g/mol. The third-order valence-corrected chi connectivity index (χ3v) is 18.1. The summed E-state index contributed by atoms with van der Waals surface area (Å²) in [6, 6.07) is 77.3. The van der Waals surface area contributed by atoms with Gasteiger partial charge in [-0.05, 0) is 188 Å². The summed E-state index contributed by atoms with van der Waals surface area (Å²) in [5.74, 6) is 0. The van der Waals surface area contributed by atoms with Crippen LogP contribution in [0, 0.1) is 0 Å². The third kappa shape index (κ3) is 5.18. The van der Waals surface area contributed by atoms with E-state index in [1.807, 2.05) is 0 Å². The van der Waals surface area contributed by atoms with Gasteiger partial charge in [0.1, 0.15) is 0 Å². The van der Waals surface area contributed by atoms with Crippen LogP contribution in [0.4, 0.5) is 0 Å². The molecule has 0 N–H and O–H groups in total. The van der Waals surface area contributed by atoms with Gasteiger partial charge in [-0.25, -0.2) is 0 Å². The summed E-state index contributed by atoms with van der Waals surface area (Å²) < 4.78 is 2.59. The Hall–Kier alpha value is -8.26. The van der Waals surface area contributed by atoms with Crippen LogP contribution in [0.5, 0.6) is 0 Å². The fourth-order valence-electron chi connectivity index (χ4n) is 14.2. The highest BCUT2D eigenvalue weighted by Crippen LogP contribution is 2.53. The molecule has 0 atom stereocenters. The summed E-state index contributed by atoms with van der Waals surface area (Å²) in [6.07, 6.45) is 0. The minimum absolute atomic E-state index is 0.0539. The van der Waals surface area contributed by atoms with E-state index < -0.39 is 0 Å². The molecule has 11 aromatic carbocycles. The minimum atomic E-state index is -0.0804. The van der Waals surface area contributed by atoms with Crippen molar-refractivity contribution in [2.24, 2.45) is 0 Å². The lowest BCUT2D eigenvalue weighted by molar-refractivity contribution is 0.660. The van der Waals surface area contributed by atoms with Gasteiger partial charge in [0.25, 0.3) is 0 Å². The van der Waals surface area contributed by atoms with Gasteiger partial charge in [-0.15, -0.1) is 0 Å². The van der Waals surface area contributed by atoms with E-state index in [0.29, 0.717) is 0 Å². The van der Waals surface area contributed by atoms with Crippen molar-refractivity contribution in [3.8, 4) is 66.8 Å². The molecule has 0 saturated heterocycles. The maximum absolute atomic E-state index is 2.59. The molecule has 0 bridgehead atoms. The predicted molar refractivity (Wildman–Crippen MR) is 305 cm³/mol. The second-order valence-corrected chi connectivity index (χ2v) is 22.9. The molecule has 72 heavy (non-hydrogen) atoms. The maximum atomic E-state index is 2.59. The predicted octanol–water partition coefficient (Wildman–Crippen LogP) is 19.1. The number of rotatable bonds is 3. The first-order valence-corrected chi connectivity index (χ1v) is 25.8. The van der Waals surface area contributed by atoms with E-state index in [9.17, 15) is 0 Å². The Labute approximate surface area is 420 Å². The Morgan fingerprint density at radius 2 is 0.583 bits per heavy atom. The number of fused-ring (bicyclic) bond motifs is 17. The zero-order valence-electron chi connectivity index (χ0n) is 41.5. The molecule has 3 aliphatic rings. The highest BCUT2D eigenvalue weighted by molar-refractivity contribution is 6.27. The highest BCUT2D eigenvalue weighted by atomic mass is 14.9. The van der Waals surface area contributed by atoms with E-state index in [0.717, 1.165) is 0 Å². The van der Waals surface area contributed by atoms with Gasteiger partial charge in [0.15, 0.2) is 0 Å². The topological polar surface area (TPSA) is 4.41 Å². The van der Waals surface area contributed by atoms with Gasteiger partial charge in [-0.1, -0.05) is 175 Å². The van der Waals surface area contributed by atoms with Crippen LogP contribution in [-0.2, 0) is 16.2 Å². The van der Waals surface area contributed by atoms with Crippen molar-refractivity contribution in [2.45, 2.75) is 57.8 Å². The van der Waals surface area contributed by atoms with Crippen LogP contribution in [0.15, 0.2) is 200 Å². The van der Waals surface area contributed by atoms with Crippen molar-refractivity contribution < 1.29 is 0 Å². The number of benzene rings is 11. The van der Waals surface area contributed by atoms with Crippen LogP contribution >= 0.6 is 0 Å². The Kier molecular flexibility index (Phi) is 7.63. The largest absolute Gasteiger partial charge is 0.308 e. The quantitative estimate of drug-likeness (QED) is 0.166. The molecule has 0 radical (unpaired) electrons. The SMILES string of the molecule is CC1(C)c2ccccc2-c2ccc(-c3ccc4cc5c6cc(-c7ccc8c(c7)C(C)(C)c7ccccc7-8)cc7c8cc9ccc(-c%10ccc%11c(c%10)C(C)(C)c%10ccccc%10-%11)cc9cc8n(c5cc4c3)c67)cc21. The fourth-order valence-corrected chi connectivity index (χ4v) is 14.2. The molecule has 3 aliphatic carbocycles. The van der Waals surface area contributed by atoms with Crippen molar-refractivity contribution in [3.63, 3.8) is 0 Å². The summed E-state index contributed by atoms with van der Waals surface area (Å²) in [5, 5.41) is 10.2. The van der Waals surface area contributed by atoms with Gasteiger partial charge < -0.3 is 4.40 Å². The van der Waals surface area contributed by atoms with Crippen molar-refractivity contribution in [3.05, 3.63) is 234 Å². The number of hydrogen-bond acceptors (Lipinski definition) is 0. The van der Waals surface area contributed by atoms with Crippen molar-refractivity contribution in [1.82, 2.24) is 4.40 Å². The standard InChI is InChI=1S/C71H51N/c1-69(2)60-16-10-7-13-50(60)53-26-23-44(35-63(53)69)40-19-21-42-31-56-58-33-49(46-25-28-55-52-15-9-12-18-62(52)71(5,6)65(55)37-46)34-59-57-32-43-22-20-41(30-48(43)39-67(57)72(68(58)59)66(56)38-47(42)29-40)45-24-27-54-51-14-8-11-17-61(51)70(3,4)64(54)36-45/h7-39H,1-6H3. The molecular weight excluding hydrogens is 867 g/mol. The molecule has 340 valence electrons. The summed E-state index contributed by atoms with van der Waals surface area (Å²) in [6.45, 7) is 14.3. The minimum Gasteiger partial charge on any atom is -0.308 e. The van der Waals surface area contributed by atoms with Gasteiger partial charge in [0.2, 0.25) is 0 Å². The molecule has 16 rings (SSSR count). The van der Waals surface area contributed by atoms with Gasteiger partial charge >= 0.3 is 0 Å². The molecular formula is C71H51N. The van der Waals surface area contributed by atoms with E-state index >= 15 is 0 Å². The third-order valence-electron chi connectivity index (χ3n) is 18.1. The first-order valence-electron chi connectivity index (χ1n) is 25.8. The number of aromatic nitrogens is 1. The van der Waals surface area contributed by atoms with Crippen LogP contribution in [0.25, 0.3) is 126 Å². The van der Waals surface area contributed by atoms with Crippen molar-refractivity contribution >= 4 is 59.6 Å². The Morgan fingerprint density at radius 1 is 0.250 bits per heavy atom. The second-order valence-electron chi connectivity index (χ2n) is 22.9. The van der Waals surface area contributed by atoms with Gasteiger partial charge in [-0.3, -0.25) is 0 Å². The van der Waals surface area contributed by atoms with Crippen LogP contribution < -0.4 is 0 Å². The molecule has 0 saturated carbocycles. The zero-order chi connectivity index (χ0) is 48.2. The Morgan fingerprint density at radius 3 is 0.986 bits per heavy atom. The van der Waals surface area contributed by atoms with Crippen molar-refractivity contribution in [1.29, 1.82) is 0 Å². The molecule has 2 heterocycles. The molecule has 0 spiro atoms.